The van der Waals surface area contributed by atoms with E-state index in [1.807, 2.05) is 20.8 Å². The van der Waals surface area contributed by atoms with Gasteiger partial charge in [0.15, 0.2) is 5.75 Å². The summed E-state index contributed by atoms with van der Waals surface area (Å²) in [5.41, 5.74) is -0.0669. The molecular formula is C15H18F3NO2. The maximum absolute atomic E-state index is 12.5. The molecule has 0 radical (unpaired) electrons. The van der Waals surface area contributed by atoms with E-state index in [1.54, 1.807) is 6.07 Å². The fourth-order valence-electron chi connectivity index (χ4n) is 3.09. The van der Waals surface area contributed by atoms with Gasteiger partial charge in [0.25, 0.3) is 0 Å². The molecular weight excluding hydrogens is 283 g/mol. The summed E-state index contributed by atoms with van der Waals surface area (Å²) < 4.78 is 41.4. The van der Waals surface area contributed by atoms with Gasteiger partial charge in [-0.05, 0) is 24.0 Å². The molecule has 1 N–H and O–H groups in total. The van der Waals surface area contributed by atoms with E-state index in [2.05, 4.69) is 10.1 Å². The molecule has 0 saturated heterocycles. The van der Waals surface area contributed by atoms with Crippen molar-refractivity contribution in [3.8, 4) is 5.75 Å². The lowest BCUT2D eigenvalue weighted by atomic mass is 9.69. The van der Waals surface area contributed by atoms with Crippen molar-refractivity contribution in [2.75, 3.05) is 5.32 Å². The van der Waals surface area contributed by atoms with Gasteiger partial charge in [-0.15, -0.1) is 13.2 Å². The SMILES string of the molecule is CCCC1(C(C)C)C(=O)Nc2c(OC(F)(F)F)cccc21. The molecule has 116 valence electrons. The van der Waals surface area contributed by atoms with Gasteiger partial charge in [0, 0.05) is 0 Å². The van der Waals surface area contributed by atoms with Crippen molar-refractivity contribution in [1.82, 2.24) is 0 Å². The molecule has 0 aliphatic carbocycles. The molecule has 0 bridgehead atoms. The van der Waals surface area contributed by atoms with E-state index in [-0.39, 0.29) is 23.3 Å². The standard InChI is InChI=1S/C15H18F3NO2/c1-4-8-14(9(2)3)10-6-5-7-11(21-15(16,17)18)12(10)19-13(14)20/h5-7,9H,4,8H2,1-3H3,(H,19,20). The Morgan fingerprint density at radius 3 is 2.52 bits per heavy atom. The Balaban J connectivity index is 2.56. The number of anilines is 1. The molecule has 6 heteroatoms. The topological polar surface area (TPSA) is 38.3 Å². The fraction of sp³-hybridized carbons (Fsp3) is 0.533. The molecule has 0 fully saturated rings. The molecule has 1 unspecified atom stereocenters. The lowest BCUT2D eigenvalue weighted by Gasteiger charge is -2.31. The number of amides is 1. The van der Waals surface area contributed by atoms with Gasteiger partial charge in [-0.2, -0.15) is 0 Å². The second-order valence-electron chi connectivity index (χ2n) is 5.56. The Morgan fingerprint density at radius 2 is 2.00 bits per heavy atom. The molecule has 1 aliphatic rings. The molecule has 1 aliphatic heterocycles. The lowest BCUT2D eigenvalue weighted by molar-refractivity contribution is -0.274. The number of halogens is 3. The third-order valence-corrected chi connectivity index (χ3v) is 4.01. The highest BCUT2D eigenvalue weighted by molar-refractivity contribution is 6.07. The van der Waals surface area contributed by atoms with Crippen LogP contribution in [0.1, 0.15) is 39.2 Å². The Labute approximate surface area is 121 Å². The summed E-state index contributed by atoms with van der Waals surface area (Å²) in [5.74, 6) is -0.639. The zero-order chi connectivity index (χ0) is 15.8. The minimum Gasteiger partial charge on any atom is -0.404 e. The first-order valence-corrected chi connectivity index (χ1v) is 6.93. The third-order valence-electron chi connectivity index (χ3n) is 4.01. The van der Waals surface area contributed by atoms with Crippen LogP contribution < -0.4 is 10.1 Å². The first kappa shape index (κ1) is 15.7. The number of benzene rings is 1. The van der Waals surface area contributed by atoms with Gasteiger partial charge in [0.1, 0.15) is 0 Å². The average molecular weight is 301 g/mol. The summed E-state index contributed by atoms with van der Waals surface area (Å²) in [6.07, 6.45) is -3.44. The number of nitrogens with one attached hydrogen (secondary N) is 1. The first-order valence-electron chi connectivity index (χ1n) is 6.93. The van der Waals surface area contributed by atoms with Crippen LogP contribution in [0.5, 0.6) is 5.75 Å². The predicted octanol–water partition coefficient (Wildman–Crippen LogP) is 4.23. The van der Waals surface area contributed by atoms with Crippen LogP contribution in [-0.2, 0) is 10.2 Å². The van der Waals surface area contributed by atoms with Crippen LogP contribution in [0.15, 0.2) is 18.2 Å². The van der Waals surface area contributed by atoms with Crippen LogP contribution in [0.25, 0.3) is 0 Å². The van der Waals surface area contributed by atoms with Gasteiger partial charge in [-0.3, -0.25) is 4.79 Å². The Kier molecular flexibility index (Phi) is 3.91. The van der Waals surface area contributed by atoms with E-state index in [0.29, 0.717) is 12.0 Å². The maximum Gasteiger partial charge on any atom is 0.573 e. The van der Waals surface area contributed by atoms with E-state index >= 15 is 0 Å². The van der Waals surface area contributed by atoms with Crippen LogP contribution in [0.2, 0.25) is 0 Å². The van der Waals surface area contributed by atoms with Crippen LogP contribution >= 0.6 is 0 Å². The zero-order valence-electron chi connectivity index (χ0n) is 12.2. The van der Waals surface area contributed by atoms with Crippen LogP contribution in [-0.4, -0.2) is 12.3 Å². The summed E-state index contributed by atoms with van der Waals surface area (Å²) in [5, 5.41) is 2.58. The number of para-hydroxylation sites is 1. The molecule has 2 rings (SSSR count). The summed E-state index contributed by atoms with van der Waals surface area (Å²) >= 11 is 0. The van der Waals surface area contributed by atoms with Crippen molar-refractivity contribution in [1.29, 1.82) is 0 Å². The minimum atomic E-state index is -4.78. The second-order valence-corrected chi connectivity index (χ2v) is 5.56. The number of carbonyl (C=O) groups is 1. The lowest BCUT2D eigenvalue weighted by Crippen LogP contribution is -2.39. The number of ether oxygens (including phenoxy) is 1. The Bertz CT molecular complexity index is 554. The minimum absolute atomic E-state index is 0.0279. The van der Waals surface area contributed by atoms with Crippen molar-refractivity contribution >= 4 is 11.6 Å². The van der Waals surface area contributed by atoms with Crippen LogP contribution in [0.3, 0.4) is 0 Å². The molecule has 1 atom stereocenters. The van der Waals surface area contributed by atoms with Gasteiger partial charge in [0.05, 0.1) is 11.1 Å². The molecule has 1 aromatic rings. The van der Waals surface area contributed by atoms with Gasteiger partial charge in [0.2, 0.25) is 5.91 Å². The van der Waals surface area contributed by atoms with Crippen molar-refractivity contribution in [2.24, 2.45) is 5.92 Å². The van der Waals surface area contributed by atoms with Crippen molar-refractivity contribution in [3.05, 3.63) is 23.8 Å². The highest BCUT2D eigenvalue weighted by Crippen LogP contribution is 2.50. The molecule has 1 amide bonds. The van der Waals surface area contributed by atoms with E-state index in [4.69, 9.17) is 0 Å². The number of alkyl halides is 3. The maximum atomic E-state index is 12.5. The summed E-state index contributed by atoms with van der Waals surface area (Å²) in [7, 11) is 0. The molecule has 3 nitrogen and oxygen atoms in total. The molecule has 1 aromatic carbocycles. The van der Waals surface area contributed by atoms with Crippen molar-refractivity contribution < 1.29 is 22.7 Å². The van der Waals surface area contributed by atoms with Crippen LogP contribution in [0.4, 0.5) is 18.9 Å². The van der Waals surface area contributed by atoms with Gasteiger partial charge in [-0.25, -0.2) is 0 Å². The Hall–Kier alpha value is -1.72. The largest absolute Gasteiger partial charge is 0.573 e. The highest BCUT2D eigenvalue weighted by atomic mass is 19.4. The van der Waals surface area contributed by atoms with E-state index < -0.39 is 11.8 Å². The monoisotopic (exact) mass is 301 g/mol. The number of carbonyl (C=O) groups excluding carboxylic acids is 1. The molecule has 1 heterocycles. The fourth-order valence-corrected chi connectivity index (χ4v) is 3.09. The number of hydrogen-bond donors (Lipinski definition) is 1. The van der Waals surface area contributed by atoms with Crippen molar-refractivity contribution in [2.45, 2.75) is 45.4 Å². The number of fused-ring (bicyclic) bond motifs is 1. The predicted molar refractivity (Wildman–Crippen MR) is 73.2 cm³/mol. The first-order chi connectivity index (χ1) is 9.72. The number of rotatable bonds is 4. The average Bonchev–Trinajstić information content (AvgIpc) is 2.63. The van der Waals surface area contributed by atoms with Gasteiger partial charge < -0.3 is 10.1 Å². The molecule has 0 saturated carbocycles. The second kappa shape index (κ2) is 5.24. The Morgan fingerprint density at radius 1 is 1.33 bits per heavy atom. The van der Waals surface area contributed by atoms with E-state index in [0.717, 1.165) is 6.42 Å². The summed E-state index contributed by atoms with van der Waals surface area (Å²) in [6, 6.07) is 4.41. The quantitative estimate of drug-likeness (QED) is 0.903. The normalized spacial score (nSPS) is 21.4. The summed E-state index contributed by atoms with van der Waals surface area (Å²) in [6.45, 7) is 5.76. The van der Waals surface area contributed by atoms with Gasteiger partial charge >= 0.3 is 6.36 Å². The van der Waals surface area contributed by atoms with Crippen molar-refractivity contribution in [3.63, 3.8) is 0 Å². The molecule has 21 heavy (non-hydrogen) atoms. The summed E-state index contributed by atoms with van der Waals surface area (Å²) in [4.78, 5) is 12.5. The zero-order valence-corrected chi connectivity index (χ0v) is 12.2. The highest BCUT2D eigenvalue weighted by Gasteiger charge is 2.49. The third kappa shape index (κ3) is 2.59. The molecule has 0 aromatic heterocycles. The smallest absolute Gasteiger partial charge is 0.404 e. The van der Waals surface area contributed by atoms with E-state index in [1.165, 1.54) is 12.1 Å². The van der Waals surface area contributed by atoms with Gasteiger partial charge in [-0.1, -0.05) is 39.3 Å². The number of hydrogen-bond acceptors (Lipinski definition) is 2. The molecule has 0 spiro atoms. The van der Waals surface area contributed by atoms with Crippen LogP contribution in [0, 0.1) is 5.92 Å². The van der Waals surface area contributed by atoms with E-state index in [9.17, 15) is 18.0 Å².